The predicted molar refractivity (Wildman–Crippen MR) is 142 cm³/mol. The second kappa shape index (κ2) is 9.79. The van der Waals surface area contributed by atoms with Crippen LogP contribution in [0.5, 0.6) is 5.75 Å². The predicted octanol–water partition coefficient (Wildman–Crippen LogP) is 6.30. The lowest BCUT2D eigenvalue weighted by Gasteiger charge is -2.10. The van der Waals surface area contributed by atoms with Crippen molar-refractivity contribution in [2.75, 3.05) is 12.4 Å². The van der Waals surface area contributed by atoms with Crippen LogP contribution in [-0.2, 0) is 0 Å². The highest BCUT2D eigenvalue weighted by Gasteiger charge is 2.12. The molecule has 0 saturated heterocycles. The van der Waals surface area contributed by atoms with Crippen molar-refractivity contribution in [2.24, 2.45) is 0 Å². The van der Waals surface area contributed by atoms with Crippen molar-refractivity contribution in [3.05, 3.63) is 103 Å². The summed E-state index contributed by atoms with van der Waals surface area (Å²) in [4.78, 5) is 17.1. The van der Waals surface area contributed by atoms with Gasteiger partial charge in [-0.2, -0.15) is 0 Å². The van der Waals surface area contributed by atoms with Crippen molar-refractivity contribution in [1.29, 1.82) is 0 Å². The highest BCUT2D eigenvalue weighted by Crippen LogP contribution is 2.28. The fraction of sp³-hybridized carbons (Fsp3) is 0.0357. The van der Waals surface area contributed by atoms with Gasteiger partial charge in [0.1, 0.15) is 11.3 Å². The summed E-state index contributed by atoms with van der Waals surface area (Å²) in [5.41, 5.74) is 5.64. The first-order valence-corrected chi connectivity index (χ1v) is 11.3. The lowest BCUT2D eigenvalue weighted by atomic mass is 10.0. The average Bonchev–Trinajstić information content (AvgIpc) is 3.33. The number of hydrogen-bond donors (Lipinski definition) is 2. The van der Waals surface area contributed by atoms with Crippen LogP contribution in [0.15, 0.2) is 101 Å². The molecular weight excluding hydrogens is 458 g/mol. The van der Waals surface area contributed by atoms with E-state index in [0.717, 1.165) is 16.7 Å². The van der Waals surface area contributed by atoms with Crippen LogP contribution in [0.25, 0.3) is 33.7 Å². The van der Waals surface area contributed by atoms with E-state index < -0.39 is 0 Å². The molecule has 0 atom stereocenters. The van der Waals surface area contributed by atoms with Gasteiger partial charge in [-0.05, 0) is 71.9 Å². The molecule has 2 N–H and O–H groups in total. The maximum absolute atomic E-state index is 12.5. The van der Waals surface area contributed by atoms with Crippen LogP contribution in [0.4, 0.5) is 5.69 Å². The summed E-state index contributed by atoms with van der Waals surface area (Å²) in [7, 11) is 1.55. The summed E-state index contributed by atoms with van der Waals surface area (Å²) in [5, 5.41) is 5.88. The summed E-state index contributed by atoms with van der Waals surface area (Å²) in [6.07, 6.45) is 0. The average molecular weight is 480 g/mol. The van der Waals surface area contributed by atoms with E-state index in [2.05, 4.69) is 39.9 Å². The number of nitrogens with one attached hydrogen (secondary N) is 2. The molecule has 0 bridgehead atoms. The highest BCUT2D eigenvalue weighted by molar-refractivity contribution is 7.80. The van der Waals surface area contributed by atoms with Crippen LogP contribution in [-0.4, -0.2) is 23.1 Å². The van der Waals surface area contributed by atoms with Gasteiger partial charge >= 0.3 is 0 Å². The molecule has 0 saturated carbocycles. The number of carbonyl (C=O) groups is 1. The minimum atomic E-state index is -0.329. The van der Waals surface area contributed by atoms with E-state index in [0.29, 0.717) is 34.0 Å². The summed E-state index contributed by atoms with van der Waals surface area (Å²) < 4.78 is 11.1. The van der Waals surface area contributed by atoms with Crippen molar-refractivity contribution < 1.29 is 13.9 Å². The van der Waals surface area contributed by atoms with Gasteiger partial charge < -0.3 is 14.5 Å². The lowest BCUT2D eigenvalue weighted by molar-refractivity contribution is 0.0977. The zero-order valence-corrected chi connectivity index (χ0v) is 19.6. The maximum Gasteiger partial charge on any atom is 0.257 e. The van der Waals surface area contributed by atoms with Gasteiger partial charge in [-0.25, -0.2) is 4.98 Å². The molecule has 5 aromatic rings. The normalized spacial score (nSPS) is 10.7. The Hall–Kier alpha value is -4.49. The van der Waals surface area contributed by atoms with Crippen LogP contribution in [0.1, 0.15) is 10.4 Å². The summed E-state index contributed by atoms with van der Waals surface area (Å²) >= 11 is 5.31. The first kappa shape index (κ1) is 22.3. The molecule has 172 valence electrons. The second-order valence-corrected chi connectivity index (χ2v) is 8.19. The molecule has 0 aliphatic carbocycles. The van der Waals surface area contributed by atoms with Crippen LogP contribution in [0, 0.1) is 0 Å². The summed E-state index contributed by atoms with van der Waals surface area (Å²) in [5.74, 6) is 0.800. The molecule has 1 amide bonds. The molecule has 0 radical (unpaired) electrons. The molecule has 0 aliphatic heterocycles. The number of thiocarbonyl (C=S) groups is 1. The van der Waals surface area contributed by atoms with Gasteiger partial charge in [0.25, 0.3) is 5.91 Å². The van der Waals surface area contributed by atoms with Crippen LogP contribution in [0.2, 0.25) is 0 Å². The summed E-state index contributed by atoms with van der Waals surface area (Å²) in [6.45, 7) is 0. The fourth-order valence-electron chi connectivity index (χ4n) is 3.67. The van der Waals surface area contributed by atoms with E-state index in [1.165, 1.54) is 0 Å². The number of rotatable bonds is 5. The number of carbonyl (C=O) groups excluding carboxylic acids is 1. The van der Waals surface area contributed by atoms with E-state index in [1.54, 1.807) is 31.4 Å². The Balaban J connectivity index is 1.29. The SMILES string of the molecule is COc1cccc(C(=O)NC(=S)Nc2ccc3oc(-c4ccc(-c5ccccc5)cc4)nc3c2)c1. The van der Waals surface area contributed by atoms with Gasteiger partial charge in [-0.15, -0.1) is 0 Å². The lowest BCUT2D eigenvalue weighted by Crippen LogP contribution is -2.34. The molecule has 1 heterocycles. The van der Waals surface area contributed by atoms with E-state index in [-0.39, 0.29) is 11.0 Å². The molecule has 0 unspecified atom stereocenters. The third-order valence-electron chi connectivity index (χ3n) is 5.44. The Labute approximate surface area is 207 Å². The van der Waals surface area contributed by atoms with Gasteiger partial charge in [-0.1, -0.05) is 48.5 Å². The Bertz CT molecular complexity index is 1510. The van der Waals surface area contributed by atoms with Gasteiger partial charge in [0.05, 0.1) is 7.11 Å². The van der Waals surface area contributed by atoms with Gasteiger partial charge in [0.15, 0.2) is 10.7 Å². The van der Waals surface area contributed by atoms with Crippen molar-refractivity contribution in [3.63, 3.8) is 0 Å². The zero-order chi connectivity index (χ0) is 24.2. The highest BCUT2D eigenvalue weighted by atomic mass is 32.1. The minimum absolute atomic E-state index is 0.178. The van der Waals surface area contributed by atoms with E-state index in [1.807, 2.05) is 48.5 Å². The Kier molecular flexibility index (Phi) is 6.24. The first-order valence-electron chi connectivity index (χ1n) is 10.9. The number of methoxy groups -OCH3 is 1. The number of amides is 1. The van der Waals surface area contributed by atoms with Crippen LogP contribution < -0.4 is 15.4 Å². The van der Waals surface area contributed by atoms with E-state index in [9.17, 15) is 4.79 Å². The third-order valence-corrected chi connectivity index (χ3v) is 5.65. The Morgan fingerprint density at radius 2 is 1.60 bits per heavy atom. The molecule has 4 aromatic carbocycles. The second-order valence-electron chi connectivity index (χ2n) is 7.79. The fourth-order valence-corrected chi connectivity index (χ4v) is 3.88. The number of benzene rings is 4. The van der Waals surface area contributed by atoms with Gasteiger partial charge in [0.2, 0.25) is 5.89 Å². The van der Waals surface area contributed by atoms with E-state index in [4.69, 9.17) is 21.4 Å². The standard InChI is InChI=1S/C28H21N3O3S/c1-33-23-9-5-8-21(16-23)26(32)31-28(35)29-22-14-15-25-24(17-22)30-27(34-25)20-12-10-19(11-13-20)18-6-3-2-4-7-18/h2-17H,1H3,(H2,29,31,32,35). The number of aromatic nitrogens is 1. The van der Waals surface area contributed by atoms with Crippen molar-refractivity contribution in [3.8, 4) is 28.3 Å². The molecule has 1 aromatic heterocycles. The van der Waals surface area contributed by atoms with Crippen molar-refractivity contribution in [2.45, 2.75) is 0 Å². The van der Waals surface area contributed by atoms with Crippen LogP contribution in [0.3, 0.4) is 0 Å². The number of anilines is 1. The molecule has 7 heteroatoms. The summed E-state index contributed by atoms with van der Waals surface area (Å²) in [6, 6.07) is 30.6. The topological polar surface area (TPSA) is 76.4 Å². The number of ether oxygens (including phenoxy) is 1. The number of fused-ring (bicyclic) bond motifs is 1. The Morgan fingerprint density at radius 1 is 0.857 bits per heavy atom. The minimum Gasteiger partial charge on any atom is -0.497 e. The van der Waals surface area contributed by atoms with Gasteiger partial charge in [-0.3, -0.25) is 10.1 Å². The molecule has 0 fully saturated rings. The number of hydrogen-bond acceptors (Lipinski definition) is 5. The number of nitrogens with zero attached hydrogens (tertiary/aromatic N) is 1. The molecule has 0 aliphatic rings. The molecule has 5 rings (SSSR count). The van der Waals surface area contributed by atoms with Crippen molar-refractivity contribution in [1.82, 2.24) is 10.3 Å². The smallest absolute Gasteiger partial charge is 0.257 e. The largest absolute Gasteiger partial charge is 0.497 e. The molecule has 35 heavy (non-hydrogen) atoms. The Morgan fingerprint density at radius 3 is 2.37 bits per heavy atom. The van der Waals surface area contributed by atoms with E-state index >= 15 is 0 Å². The molecule has 6 nitrogen and oxygen atoms in total. The quantitative estimate of drug-likeness (QED) is 0.288. The van der Waals surface area contributed by atoms with Crippen LogP contribution >= 0.6 is 12.2 Å². The third kappa shape index (κ3) is 5.05. The molecule has 0 spiro atoms. The first-order chi connectivity index (χ1) is 17.1. The maximum atomic E-state index is 12.5. The van der Waals surface area contributed by atoms with Crippen molar-refractivity contribution >= 4 is 40.0 Å². The molecular formula is C28H21N3O3S. The number of oxazole rings is 1. The van der Waals surface area contributed by atoms with Gasteiger partial charge in [0, 0.05) is 16.8 Å². The monoisotopic (exact) mass is 479 g/mol. The zero-order valence-electron chi connectivity index (χ0n) is 18.8.